The van der Waals surface area contributed by atoms with Crippen molar-refractivity contribution in [3.8, 4) is 0 Å². The number of hydrogen-bond acceptors (Lipinski definition) is 3. The summed E-state index contributed by atoms with van der Waals surface area (Å²) in [4.78, 5) is 36.4. The second-order valence-electron chi connectivity index (χ2n) is 6.48. The first-order chi connectivity index (χ1) is 12.0. The molecule has 1 aliphatic heterocycles. The van der Waals surface area contributed by atoms with Gasteiger partial charge >= 0.3 is 5.97 Å². The summed E-state index contributed by atoms with van der Waals surface area (Å²) >= 11 is 0. The van der Waals surface area contributed by atoms with E-state index in [2.05, 4.69) is 5.32 Å². The summed E-state index contributed by atoms with van der Waals surface area (Å²) in [6, 6.07) is 9.94. The summed E-state index contributed by atoms with van der Waals surface area (Å²) in [5, 5.41) is 11.5. The Labute approximate surface area is 148 Å². The molecule has 1 aromatic carbocycles. The molecule has 6 nitrogen and oxygen atoms in total. The van der Waals surface area contributed by atoms with Crippen molar-refractivity contribution in [2.24, 2.45) is 0 Å². The summed E-state index contributed by atoms with van der Waals surface area (Å²) in [7, 11) is 0. The lowest BCUT2D eigenvalue weighted by molar-refractivity contribution is -0.137. The third-order valence-electron chi connectivity index (χ3n) is 4.42. The van der Waals surface area contributed by atoms with Gasteiger partial charge < -0.3 is 15.3 Å². The van der Waals surface area contributed by atoms with E-state index in [9.17, 15) is 14.4 Å². The molecular formula is C19H26N2O4. The van der Waals surface area contributed by atoms with E-state index in [1.54, 1.807) is 0 Å². The minimum absolute atomic E-state index is 0.00708. The molecule has 1 heterocycles. The second-order valence-corrected chi connectivity index (χ2v) is 6.48. The van der Waals surface area contributed by atoms with Crippen LogP contribution in [0.2, 0.25) is 0 Å². The highest BCUT2D eigenvalue weighted by molar-refractivity contribution is 5.78. The first-order valence-electron chi connectivity index (χ1n) is 8.87. The molecule has 0 spiro atoms. The van der Waals surface area contributed by atoms with Crippen LogP contribution < -0.4 is 5.32 Å². The zero-order valence-corrected chi connectivity index (χ0v) is 14.4. The maximum atomic E-state index is 12.3. The van der Waals surface area contributed by atoms with E-state index >= 15 is 0 Å². The Kier molecular flexibility index (Phi) is 7.44. The van der Waals surface area contributed by atoms with Crippen molar-refractivity contribution >= 4 is 17.8 Å². The fourth-order valence-corrected chi connectivity index (χ4v) is 3.02. The fraction of sp³-hybridized carbons (Fsp3) is 0.526. The van der Waals surface area contributed by atoms with Gasteiger partial charge in [-0.2, -0.15) is 0 Å². The molecule has 1 saturated heterocycles. The van der Waals surface area contributed by atoms with Crippen LogP contribution in [0.15, 0.2) is 30.3 Å². The van der Waals surface area contributed by atoms with Crippen LogP contribution in [0.1, 0.15) is 44.1 Å². The van der Waals surface area contributed by atoms with Crippen LogP contribution in [0.4, 0.5) is 0 Å². The molecule has 136 valence electrons. The largest absolute Gasteiger partial charge is 0.481 e. The third kappa shape index (κ3) is 6.95. The first kappa shape index (κ1) is 19.0. The predicted octanol–water partition coefficient (Wildman–Crippen LogP) is 1.98. The molecule has 0 saturated carbocycles. The topological polar surface area (TPSA) is 86.7 Å². The van der Waals surface area contributed by atoms with Gasteiger partial charge in [0.25, 0.3) is 0 Å². The Morgan fingerprint density at radius 2 is 1.80 bits per heavy atom. The number of nitrogens with one attached hydrogen (secondary N) is 1. The lowest BCUT2D eigenvalue weighted by Crippen LogP contribution is -2.38. The number of nitrogens with zero attached hydrogens (tertiary/aromatic N) is 1. The number of amides is 2. The van der Waals surface area contributed by atoms with Gasteiger partial charge in [-0.15, -0.1) is 0 Å². The number of likely N-dealkylation sites (tertiary alicyclic amines) is 1. The highest BCUT2D eigenvalue weighted by Crippen LogP contribution is 2.13. The Hall–Kier alpha value is -2.37. The molecule has 0 aromatic heterocycles. The number of carbonyl (C=O) groups is 3. The average molecular weight is 346 g/mol. The van der Waals surface area contributed by atoms with E-state index in [0.29, 0.717) is 38.8 Å². The molecule has 1 atom stereocenters. The summed E-state index contributed by atoms with van der Waals surface area (Å²) in [6.07, 6.45) is 3.52. The van der Waals surface area contributed by atoms with E-state index in [-0.39, 0.29) is 24.3 Å². The second kappa shape index (κ2) is 9.81. The highest BCUT2D eigenvalue weighted by atomic mass is 16.4. The average Bonchev–Trinajstić information content (AvgIpc) is 3.06. The van der Waals surface area contributed by atoms with Crippen LogP contribution in [-0.4, -0.2) is 46.9 Å². The minimum Gasteiger partial charge on any atom is -0.481 e. The molecule has 0 radical (unpaired) electrons. The van der Waals surface area contributed by atoms with Crippen molar-refractivity contribution in [3.63, 3.8) is 0 Å². The molecule has 1 aromatic rings. The van der Waals surface area contributed by atoms with Gasteiger partial charge in [0.1, 0.15) is 0 Å². The molecule has 0 aliphatic carbocycles. The molecule has 2 rings (SSSR count). The number of aliphatic carboxylic acids is 1. The molecule has 6 heteroatoms. The van der Waals surface area contributed by atoms with Crippen LogP contribution in [0.25, 0.3) is 0 Å². The highest BCUT2D eigenvalue weighted by Gasteiger charge is 2.26. The molecule has 2 N–H and O–H groups in total. The van der Waals surface area contributed by atoms with Gasteiger partial charge in [0, 0.05) is 38.4 Å². The Bertz CT molecular complexity index is 588. The van der Waals surface area contributed by atoms with E-state index in [4.69, 9.17) is 5.11 Å². The van der Waals surface area contributed by atoms with E-state index in [0.717, 1.165) is 18.4 Å². The first-order valence-corrected chi connectivity index (χ1v) is 8.87. The lowest BCUT2D eigenvalue weighted by atomic mass is 10.1. The van der Waals surface area contributed by atoms with Crippen molar-refractivity contribution in [2.75, 3.05) is 13.1 Å². The van der Waals surface area contributed by atoms with Gasteiger partial charge in [-0.1, -0.05) is 30.3 Å². The van der Waals surface area contributed by atoms with E-state index in [1.165, 1.54) is 0 Å². The normalized spacial score (nSPS) is 16.6. The van der Waals surface area contributed by atoms with Gasteiger partial charge in [-0.05, 0) is 31.2 Å². The summed E-state index contributed by atoms with van der Waals surface area (Å²) < 4.78 is 0. The minimum atomic E-state index is -0.833. The van der Waals surface area contributed by atoms with Crippen LogP contribution in [-0.2, 0) is 20.8 Å². The number of aryl methyl sites for hydroxylation is 1. The number of carbonyl (C=O) groups excluding carboxylic acids is 2. The number of rotatable bonds is 9. The molecule has 1 fully saturated rings. The van der Waals surface area contributed by atoms with Crippen LogP contribution in [0, 0.1) is 0 Å². The zero-order chi connectivity index (χ0) is 18.1. The standard InChI is InChI=1S/C19H26N2O4/c22-17(8-4-5-9-19(24)25)20-16-12-13-21(14-16)18(23)11-10-15-6-2-1-3-7-15/h1-3,6-7,16H,4-5,8-14H2,(H,20,22)(H,24,25). The van der Waals surface area contributed by atoms with E-state index in [1.807, 2.05) is 35.2 Å². The van der Waals surface area contributed by atoms with E-state index < -0.39 is 5.97 Å². The smallest absolute Gasteiger partial charge is 0.303 e. The number of benzene rings is 1. The van der Waals surface area contributed by atoms with Gasteiger partial charge in [-0.25, -0.2) is 0 Å². The Morgan fingerprint density at radius 1 is 1.08 bits per heavy atom. The quantitative estimate of drug-likeness (QED) is 0.670. The van der Waals surface area contributed by atoms with Gasteiger partial charge in [0.15, 0.2) is 0 Å². The molecule has 1 aliphatic rings. The van der Waals surface area contributed by atoms with Crippen molar-refractivity contribution in [1.29, 1.82) is 0 Å². The third-order valence-corrected chi connectivity index (χ3v) is 4.42. The number of carboxylic acids is 1. The SMILES string of the molecule is O=C(O)CCCCC(=O)NC1CCN(C(=O)CCc2ccccc2)C1. The molecule has 25 heavy (non-hydrogen) atoms. The van der Waals surface area contributed by atoms with Gasteiger partial charge in [0.05, 0.1) is 0 Å². The summed E-state index contributed by atoms with van der Waals surface area (Å²) in [6.45, 7) is 1.24. The number of hydrogen-bond donors (Lipinski definition) is 2. The molecule has 1 unspecified atom stereocenters. The van der Waals surface area contributed by atoms with Crippen molar-refractivity contribution in [3.05, 3.63) is 35.9 Å². The fourth-order valence-electron chi connectivity index (χ4n) is 3.02. The van der Waals surface area contributed by atoms with Crippen LogP contribution in [0.3, 0.4) is 0 Å². The number of unbranched alkanes of at least 4 members (excludes halogenated alkanes) is 1. The summed E-state index contributed by atoms with van der Waals surface area (Å²) in [5.74, 6) is -0.767. The predicted molar refractivity (Wildman–Crippen MR) is 94.0 cm³/mol. The monoisotopic (exact) mass is 346 g/mol. The lowest BCUT2D eigenvalue weighted by Gasteiger charge is -2.17. The summed E-state index contributed by atoms with van der Waals surface area (Å²) in [5.41, 5.74) is 1.15. The van der Waals surface area contributed by atoms with Crippen LogP contribution in [0.5, 0.6) is 0 Å². The Morgan fingerprint density at radius 3 is 2.52 bits per heavy atom. The molecule has 0 bridgehead atoms. The van der Waals surface area contributed by atoms with Crippen LogP contribution >= 0.6 is 0 Å². The van der Waals surface area contributed by atoms with Crippen molar-refractivity contribution < 1.29 is 19.5 Å². The maximum Gasteiger partial charge on any atom is 0.303 e. The Balaban J connectivity index is 1.64. The molecule has 2 amide bonds. The van der Waals surface area contributed by atoms with Gasteiger partial charge in [-0.3, -0.25) is 14.4 Å². The van der Waals surface area contributed by atoms with Crippen molar-refractivity contribution in [2.45, 2.75) is 51.0 Å². The van der Waals surface area contributed by atoms with Gasteiger partial charge in [0.2, 0.25) is 11.8 Å². The van der Waals surface area contributed by atoms with Crippen molar-refractivity contribution in [1.82, 2.24) is 10.2 Å². The molecular weight excluding hydrogens is 320 g/mol. The zero-order valence-electron chi connectivity index (χ0n) is 14.4. The number of carboxylic acid groups (broad SMARTS) is 1. The maximum absolute atomic E-state index is 12.3.